The molecule has 0 aliphatic rings. The summed E-state index contributed by atoms with van der Waals surface area (Å²) >= 11 is 5.90. The first-order valence-corrected chi connectivity index (χ1v) is 4.53. The molecule has 0 spiro atoms. The van der Waals surface area contributed by atoms with Crippen molar-refractivity contribution in [3.05, 3.63) is 40.4 Å². The summed E-state index contributed by atoms with van der Waals surface area (Å²) in [6.07, 6.45) is 0.844. The minimum absolute atomic E-state index is 0.0486. The van der Waals surface area contributed by atoms with E-state index in [1.165, 1.54) is 0 Å². The lowest BCUT2D eigenvalue weighted by Crippen LogP contribution is -1.92. The van der Waals surface area contributed by atoms with Crippen LogP contribution in [0.25, 0.3) is 5.57 Å². The van der Waals surface area contributed by atoms with Gasteiger partial charge in [0.1, 0.15) is 6.07 Å². The molecule has 0 saturated carbocycles. The quantitative estimate of drug-likeness (QED) is 0.617. The third kappa shape index (κ3) is 2.83. The van der Waals surface area contributed by atoms with Crippen molar-refractivity contribution in [2.45, 2.75) is 6.92 Å². The van der Waals surface area contributed by atoms with Crippen molar-refractivity contribution in [1.29, 1.82) is 5.26 Å². The van der Waals surface area contributed by atoms with E-state index in [2.05, 4.69) is 0 Å². The van der Waals surface area contributed by atoms with Gasteiger partial charge in [0.05, 0.1) is 5.57 Å². The number of aliphatic carboxylic acids is 1. The average Bonchev–Trinajstić information content (AvgIpc) is 2.14. The number of hydrogen-bond donors (Lipinski definition) is 1. The smallest absolute Gasteiger partial charge is 0.329 e. The van der Waals surface area contributed by atoms with Gasteiger partial charge in [-0.25, -0.2) is 4.79 Å². The molecule has 0 aromatic heterocycles. The highest BCUT2D eigenvalue weighted by Crippen LogP contribution is 2.24. The highest BCUT2D eigenvalue weighted by Gasteiger charge is 2.07. The maximum atomic E-state index is 10.4. The molecule has 0 unspecified atom stereocenters. The van der Waals surface area contributed by atoms with Crippen molar-refractivity contribution in [2.24, 2.45) is 0 Å². The Kier molecular flexibility index (Phi) is 3.48. The summed E-state index contributed by atoms with van der Waals surface area (Å²) in [4.78, 5) is 10.4. The predicted molar refractivity (Wildman–Crippen MR) is 57.4 cm³/mol. The Labute approximate surface area is 92.2 Å². The number of nitrogens with zero attached hydrogens (tertiary/aromatic N) is 1. The topological polar surface area (TPSA) is 61.1 Å². The molecule has 0 bridgehead atoms. The van der Waals surface area contributed by atoms with Crippen LogP contribution in [0.3, 0.4) is 0 Å². The Morgan fingerprint density at radius 3 is 2.73 bits per heavy atom. The molecule has 1 aromatic rings. The molecular formula is C11H8ClNO2. The van der Waals surface area contributed by atoms with Crippen LogP contribution in [0.4, 0.5) is 0 Å². The summed E-state index contributed by atoms with van der Waals surface area (Å²) in [6.45, 7) is 1.86. The fourth-order valence-corrected chi connectivity index (χ4v) is 1.47. The third-order valence-electron chi connectivity index (χ3n) is 1.80. The van der Waals surface area contributed by atoms with Crippen LogP contribution in [-0.2, 0) is 4.79 Å². The highest BCUT2D eigenvalue weighted by atomic mass is 35.5. The molecule has 0 radical (unpaired) electrons. The van der Waals surface area contributed by atoms with E-state index in [9.17, 15) is 4.79 Å². The van der Waals surface area contributed by atoms with Crippen LogP contribution in [0.2, 0.25) is 5.02 Å². The first kappa shape index (κ1) is 11.3. The molecule has 0 atom stereocenters. The van der Waals surface area contributed by atoms with Gasteiger partial charge in [-0.05, 0) is 18.6 Å². The average molecular weight is 222 g/mol. The Hall–Kier alpha value is -1.79. The summed E-state index contributed by atoms with van der Waals surface area (Å²) in [5, 5.41) is 17.7. The lowest BCUT2D eigenvalue weighted by atomic mass is 10.1. The van der Waals surface area contributed by atoms with Crippen LogP contribution in [0.1, 0.15) is 11.1 Å². The number of aryl methyl sites for hydroxylation is 1. The second-order valence-electron chi connectivity index (χ2n) is 2.99. The molecule has 0 amide bonds. The minimum Gasteiger partial charge on any atom is -0.478 e. The molecule has 0 aliphatic carbocycles. The summed E-state index contributed by atoms with van der Waals surface area (Å²) in [6, 6.07) is 6.90. The van der Waals surface area contributed by atoms with Gasteiger partial charge in [0, 0.05) is 16.7 Å². The normalized spacial score (nSPS) is 10.9. The molecule has 1 N–H and O–H groups in total. The summed E-state index contributed by atoms with van der Waals surface area (Å²) < 4.78 is 0. The summed E-state index contributed by atoms with van der Waals surface area (Å²) in [7, 11) is 0. The van der Waals surface area contributed by atoms with Gasteiger partial charge in [0.2, 0.25) is 0 Å². The van der Waals surface area contributed by atoms with E-state index in [0.717, 1.165) is 11.6 Å². The predicted octanol–water partition coefficient (Wildman–Crippen LogP) is 2.64. The second-order valence-corrected chi connectivity index (χ2v) is 3.40. The van der Waals surface area contributed by atoms with Gasteiger partial charge in [-0.15, -0.1) is 0 Å². The number of nitriles is 1. The van der Waals surface area contributed by atoms with E-state index >= 15 is 0 Å². The zero-order valence-electron chi connectivity index (χ0n) is 7.99. The SMILES string of the molecule is Cc1ccc(C(C#N)=CC(=O)O)c(Cl)c1. The molecule has 1 rings (SSSR count). The van der Waals surface area contributed by atoms with Crippen LogP contribution < -0.4 is 0 Å². The fraction of sp³-hybridized carbons (Fsp3) is 0.0909. The number of carbonyl (C=O) groups is 1. The first-order chi connectivity index (χ1) is 7.04. The minimum atomic E-state index is -1.16. The van der Waals surface area contributed by atoms with Crippen molar-refractivity contribution < 1.29 is 9.90 Å². The van der Waals surface area contributed by atoms with Gasteiger partial charge >= 0.3 is 5.97 Å². The monoisotopic (exact) mass is 221 g/mol. The number of benzene rings is 1. The van der Waals surface area contributed by atoms with Crippen LogP contribution in [0.5, 0.6) is 0 Å². The highest BCUT2D eigenvalue weighted by molar-refractivity contribution is 6.32. The Bertz CT molecular complexity index is 472. The number of carboxylic acids is 1. The lowest BCUT2D eigenvalue weighted by Gasteiger charge is -2.02. The van der Waals surface area contributed by atoms with E-state index in [1.54, 1.807) is 24.3 Å². The van der Waals surface area contributed by atoms with Crippen molar-refractivity contribution in [2.75, 3.05) is 0 Å². The molecular weight excluding hydrogens is 214 g/mol. The second kappa shape index (κ2) is 4.63. The van der Waals surface area contributed by atoms with Crippen molar-refractivity contribution in [3.63, 3.8) is 0 Å². The summed E-state index contributed by atoms with van der Waals surface area (Å²) in [5.74, 6) is -1.16. The largest absolute Gasteiger partial charge is 0.478 e. The van der Waals surface area contributed by atoms with Gasteiger partial charge in [0.25, 0.3) is 0 Å². The standard InChI is InChI=1S/C11H8ClNO2/c1-7-2-3-9(10(12)4-7)8(6-13)5-11(14)15/h2-5H,1H3,(H,14,15). The van der Waals surface area contributed by atoms with Crippen molar-refractivity contribution in [1.82, 2.24) is 0 Å². The first-order valence-electron chi connectivity index (χ1n) is 4.16. The number of hydrogen-bond acceptors (Lipinski definition) is 2. The number of halogens is 1. The van der Waals surface area contributed by atoms with E-state index in [-0.39, 0.29) is 5.57 Å². The van der Waals surface area contributed by atoms with E-state index in [0.29, 0.717) is 10.6 Å². The molecule has 3 nitrogen and oxygen atoms in total. The van der Waals surface area contributed by atoms with E-state index in [4.69, 9.17) is 22.0 Å². The Balaban J connectivity index is 3.27. The van der Waals surface area contributed by atoms with Crippen molar-refractivity contribution in [3.8, 4) is 6.07 Å². The van der Waals surface area contributed by atoms with Crippen LogP contribution in [0.15, 0.2) is 24.3 Å². The fourth-order valence-electron chi connectivity index (χ4n) is 1.13. The maximum Gasteiger partial charge on any atom is 0.329 e. The molecule has 1 aromatic carbocycles. The molecule has 15 heavy (non-hydrogen) atoms. The van der Waals surface area contributed by atoms with Crippen LogP contribution in [0, 0.1) is 18.3 Å². The maximum absolute atomic E-state index is 10.4. The Morgan fingerprint density at radius 1 is 1.60 bits per heavy atom. The van der Waals surface area contributed by atoms with Gasteiger partial charge in [-0.1, -0.05) is 23.7 Å². The molecule has 4 heteroatoms. The van der Waals surface area contributed by atoms with Gasteiger partial charge < -0.3 is 5.11 Å². The Morgan fingerprint density at radius 2 is 2.27 bits per heavy atom. The third-order valence-corrected chi connectivity index (χ3v) is 2.12. The van der Waals surface area contributed by atoms with Gasteiger partial charge in [-0.2, -0.15) is 5.26 Å². The number of rotatable bonds is 2. The van der Waals surface area contributed by atoms with Crippen molar-refractivity contribution >= 4 is 23.1 Å². The molecule has 0 heterocycles. The number of allylic oxidation sites excluding steroid dienone is 1. The van der Waals surface area contributed by atoms with E-state index < -0.39 is 5.97 Å². The van der Waals surface area contributed by atoms with E-state index in [1.807, 2.05) is 6.92 Å². The molecule has 0 saturated heterocycles. The van der Waals surface area contributed by atoms with Crippen LogP contribution in [-0.4, -0.2) is 11.1 Å². The number of carboxylic acid groups (broad SMARTS) is 1. The molecule has 76 valence electrons. The van der Waals surface area contributed by atoms with Gasteiger partial charge in [-0.3, -0.25) is 0 Å². The lowest BCUT2D eigenvalue weighted by molar-refractivity contribution is -0.131. The zero-order chi connectivity index (χ0) is 11.4. The van der Waals surface area contributed by atoms with Crippen LogP contribution >= 0.6 is 11.6 Å². The van der Waals surface area contributed by atoms with Gasteiger partial charge in [0.15, 0.2) is 0 Å². The zero-order valence-corrected chi connectivity index (χ0v) is 8.75. The molecule has 0 fully saturated rings. The molecule has 0 aliphatic heterocycles. The summed E-state index contributed by atoms with van der Waals surface area (Å²) in [5.41, 5.74) is 1.44.